The molecule has 8 heteroatoms. The molecule has 1 aromatic carbocycles. The number of hydrogen-bond acceptors (Lipinski definition) is 5. The molecule has 1 fully saturated rings. The Balaban J connectivity index is 1.60. The molecule has 0 saturated carbocycles. The molecule has 4 aromatic rings. The number of hydrogen-bond donors (Lipinski definition) is 1. The molecule has 1 N–H and O–H groups in total. The number of nitrogens with zero attached hydrogens (tertiary/aromatic N) is 5. The smallest absolute Gasteiger partial charge is 0.274 e. The highest BCUT2D eigenvalue weighted by atomic mass is 16.3. The molecule has 1 saturated heterocycles. The van der Waals surface area contributed by atoms with Crippen LogP contribution in [0.5, 0.6) is 0 Å². The van der Waals surface area contributed by atoms with Gasteiger partial charge in [0.1, 0.15) is 5.65 Å². The molecule has 0 spiro atoms. The summed E-state index contributed by atoms with van der Waals surface area (Å²) < 4.78 is 3.30. The molecule has 3 aromatic heterocycles. The average molecular weight is 444 g/mol. The van der Waals surface area contributed by atoms with Crippen LogP contribution >= 0.6 is 0 Å². The zero-order valence-electron chi connectivity index (χ0n) is 18.7. The molecule has 168 valence electrons. The van der Waals surface area contributed by atoms with Crippen LogP contribution in [0, 0.1) is 13.8 Å². The second-order valence-electron chi connectivity index (χ2n) is 8.35. The fourth-order valence-electron chi connectivity index (χ4n) is 4.61. The summed E-state index contributed by atoms with van der Waals surface area (Å²) >= 11 is 0. The van der Waals surface area contributed by atoms with Crippen molar-refractivity contribution in [2.24, 2.45) is 0 Å². The van der Waals surface area contributed by atoms with Crippen molar-refractivity contribution in [3.05, 3.63) is 70.5 Å². The Kier molecular flexibility index (Phi) is 5.30. The van der Waals surface area contributed by atoms with Crippen molar-refractivity contribution in [1.82, 2.24) is 19.2 Å². The highest BCUT2D eigenvalue weighted by molar-refractivity contribution is 5.95. The third-order valence-electron chi connectivity index (χ3n) is 6.19. The zero-order chi connectivity index (χ0) is 23.1. The maximum absolute atomic E-state index is 12.6. The van der Waals surface area contributed by atoms with Crippen LogP contribution in [0.3, 0.4) is 0 Å². The molecule has 1 aliphatic rings. The SMILES string of the molecule is Cc1nn2c(=O)cc(C)n(CCO)c2c1-c1cncc(-c2ccc(N3CCCC3=O)cc2)c1. The van der Waals surface area contributed by atoms with Crippen molar-refractivity contribution in [3.63, 3.8) is 0 Å². The van der Waals surface area contributed by atoms with Crippen molar-refractivity contribution < 1.29 is 9.90 Å². The van der Waals surface area contributed by atoms with Crippen LogP contribution < -0.4 is 10.5 Å². The number of carbonyl (C=O) groups excluding carboxylic acids is 1. The number of aryl methyl sites for hydroxylation is 2. The molecular formula is C25H25N5O3. The van der Waals surface area contributed by atoms with Gasteiger partial charge in [0.2, 0.25) is 5.91 Å². The highest BCUT2D eigenvalue weighted by Gasteiger charge is 2.22. The summed E-state index contributed by atoms with van der Waals surface area (Å²) in [6.45, 7) is 4.79. The summed E-state index contributed by atoms with van der Waals surface area (Å²) in [5.74, 6) is 0.166. The van der Waals surface area contributed by atoms with E-state index in [9.17, 15) is 14.7 Å². The minimum absolute atomic E-state index is 0.0484. The second kappa shape index (κ2) is 8.29. The van der Waals surface area contributed by atoms with Crippen LogP contribution in [0.2, 0.25) is 0 Å². The Morgan fingerprint density at radius 3 is 2.45 bits per heavy atom. The number of fused-ring (bicyclic) bond motifs is 1. The number of aliphatic hydroxyl groups is 1. The van der Waals surface area contributed by atoms with Crippen LogP contribution in [0.25, 0.3) is 27.9 Å². The lowest BCUT2D eigenvalue weighted by Gasteiger charge is -2.16. The Bertz CT molecular complexity index is 1420. The van der Waals surface area contributed by atoms with Crippen molar-refractivity contribution >= 4 is 17.2 Å². The minimum Gasteiger partial charge on any atom is -0.395 e. The third kappa shape index (κ3) is 3.62. The van der Waals surface area contributed by atoms with E-state index in [2.05, 4.69) is 10.1 Å². The van der Waals surface area contributed by atoms with Gasteiger partial charge in [0.05, 0.1) is 12.3 Å². The first-order chi connectivity index (χ1) is 16.0. The summed E-state index contributed by atoms with van der Waals surface area (Å²) in [5, 5.41) is 14.1. The van der Waals surface area contributed by atoms with E-state index < -0.39 is 0 Å². The van der Waals surface area contributed by atoms with E-state index >= 15 is 0 Å². The average Bonchev–Trinajstić information content (AvgIpc) is 3.40. The van der Waals surface area contributed by atoms with Gasteiger partial charge in [-0.1, -0.05) is 12.1 Å². The molecule has 1 aliphatic heterocycles. The van der Waals surface area contributed by atoms with Gasteiger partial charge < -0.3 is 14.6 Å². The minimum atomic E-state index is -0.206. The number of pyridine rings is 1. The molecular weight excluding hydrogens is 418 g/mol. The normalized spacial score (nSPS) is 13.9. The van der Waals surface area contributed by atoms with Gasteiger partial charge in [-0.05, 0) is 44.0 Å². The van der Waals surface area contributed by atoms with Crippen LogP contribution in [0.1, 0.15) is 24.2 Å². The molecule has 0 atom stereocenters. The molecule has 8 nitrogen and oxygen atoms in total. The fourth-order valence-corrected chi connectivity index (χ4v) is 4.61. The van der Waals surface area contributed by atoms with Gasteiger partial charge in [-0.15, -0.1) is 0 Å². The first kappa shape index (κ1) is 21.1. The zero-order valence-corrected chi connectivity index (χ0v) is 18.7. The number of aliphatic hydroxyl groups excluding tert-OH is 1. The van der Waals surface area contributed by atoms with Gasteiger partial charge in [-0.2, -0.15) is 9.61 Å². The first-order valence-corrected chi connectivity index (χ1v) is 11.0. The van der Waals surface area contributed by atoms with E-state index in [1.54, 1.807) is 12.4 Å². The summed E-state index contributed by atoms with van der Waals surface area (Å²) in [6, 6.07) is 11.5. The Morgan fingerprint density at radius 2 is 1.76 bits per heavy atom. The van der Waals surface area contributed by atoms with Crippen LogP contribution in [0.15, 0.2) is 53.6 Å². The van der Waals surface area contributed by atoms with E-state index in [4.69, 9.17) is 0 Å². The number of amides is 1. The fraction of sp³-hybridized carbons (Fsp3) is 0.280. The lowest BCUT2D eigenvalue weighted by molar-refractivity contribution is -0.117. The van der Waals surface area contributed by atoms with Crippen LogP contribution in [-0.4, -0.2) is 43.3 Å². The number of carbonyl (C=O) groups is 1. The summed E-state index contributed by atoms with van der Waals surface area (Å²) in [6.07, 6.45) is 5.06. The van der Waals surface area contributed by atoms with Crippen LogP contribution in [-0.2, 0) is 11.3 Å². The quantitative estimate of drug-likeness (QED) is 0.512. The summed E-state index contributed by atoms with van der Waals surface area (Å²) in [4.78, 5) is 30.9. The maximum Gasteiger partial charge on any atom is 0.274 e. The number of anilines is 1. The molecule has 0 unspecified atom stereocenters. The van der Waals surface area contributed by atoms with Crippen molar-refractivity contribution in [1.29, 1.82) is 0 Å². The Labute approximate surface area is 190 Å². The Morgan fingerprint density at radius 1 is 1.00 bits per heavy atom. The number of aromatic nitrogens is 4. The summed E-state index contributed by atoms with van der Waals surface area (Å²) in [5.41, 5.74) is 6.40. The largest absolute Gasteiger partial charge is 0.395 e. The monoisotopic (exact) mass is 443 g/mol. The topological polar surface area (TPSA) is 92.7 Å². The molecule has 0 aliphatic carbocycles. The van der Waals surface area contributed by atoms with Crippen molar-refractivity contribution in [3.8, 4) is 22.3 Å². The van der Waals surface area contributed by atoms with Gasteiger partial charge in [0, 0.05) is 66.0 Å². The van der Waals surface area contributed by atoms with Gasteiger partial charge in [-0.25, -0.2) is 0 Å². The first-order valence-electron chi connectivity index (χ1n) is 11.0. The van der Waals surface area contributed by atoms with E-state index in [1.165, 1.54) is 10.6 Å². The third-order valence-corrected chi connectivity index (χ3v) is 6.19. The molecule has 0 radical (unpaired) electrons. The molecule has 0 bridgehead atoms. The molecule has 4 heterocycles. The van der Waals surface area contributed by atoms with E-state index in [0.29, 0.717) is 24.3 Å². The number of rotatable bonds is 5. The van der Waals surface area contributed by atoms with E-state index in [1.807, 2.05) is 53.6 Å². The van der Waals surface area contributed by atoms with Crippen molar-refractivity contribution in [2.75, 3.05) is 18.1 Å². The van der Waals surface area contributed by atoms with Crippen LogP contribution in [0.4, 0.5) is 5.69 Å². The van der Waals surface area contributed by atoms with Crippen molar-refractivity contribution in [2.45, 2.75) is 33.2 Å². The van der Waals surface area contributed by atoms with Gasteiger partial charge in [-0.3, -0.25) is 14.6 Å². The molecule has 5 rings (SSSR count). The van der Waals surface area contributed by atoms with E-state index in [-0.39, 0.29) is 18.1 Å². The molecule has 33 heavy (non-hydrogen) atoms. The standard InChI is InChI=1S/C25H25N5O3/c1-16-12-23(33)30-25(28(16)10-11-31)24(17(2)27-30)20-13-19(14-26-15-20)18-5-7-21(8-6-18)29-9-3-4-22(29)32/h5-8,12-15,31H,3-4,9-11H2,1-2H3. The molecule has 1 amide bonds. The van der Waals surface area contributed by atoms with Gasteiger partial charge >= 0.3 is 0 Å². The Hall–Kier alpha value is -3.78. The predicted molar refractivity (Wildman–Crippen MR) is 126 cm³/mol. The van der Waals surface area contributed by atoms with Gasteiger partial charge in [0.15, 0.2) is 0 Å². The lowest BCUT2D eigenvalue weighted by atomic mass is 10.0. The summed E-state index contributed by atoms with van der Waals surface area (Å²) in [7, 11) is 0. The van der Waals surface area contributed by atoms with E-state index in [0.717, 1.165) is 46.6 Å². The van der Waals surface area contributed by atoms with Gasteiger partial charge in [0.25, 0.3) is 5.56 Å². The predicted octanol–water partition coefficient (Wildman–Crippen LogP) is 2.96. The maximum atomic E-state index is 12.6. The second-order valence-corrected chi connectivity index (χ2v) is 8.35. The lowest BCUT2D eigenvalue weighted by Crippen LogP contribution is -2.23. The number of benzene rings is 1. The highest BCUT2D eigenvalue weighted by Crippen LogP contribution is 2.32.